The number of hydrogen-bond acceptors (Lipinski definition) is 4. The zero-order chi connectivity index (χ0) is 14.7. The summed E-state index contributed by atoms with van der Waals surface area (Å²) in [7, 11) is 0. The minimum absolute atomic E-state index is 0.223. The van der Waals surface area contributed by atoms with Crippen molar-refractivity contribution in [1.29, 1.82) is 0 Å². The Morgan fingerprint density at radius 1 is 1.33 bits per heavy atom. The van der Waals surface area contributed by atoms with E-state index in [2.05, 4.69) is 4.90 Å². The zero-order valence-electron chi connectivity index (χ0n) is 12.1. The third kappa shape index (κ3) is 4.15. The number of nitrogens with zero attached hydrogens (tertiary/aromatic N) is 1. The summed E-state index contributed by atoms with van der Waals surface area (Å²) in [5.74, 6) is 1.02. The summed E-state index contributed by atoms with van der Waals surface area (Å²) >= 11 is 0. The molecule has 0 bridgehead atoms. The second kappa shape index (κ2) is 6.73. The molecule has 1 heterocycles. The molecule has 4 nitrogen and oxygen atoms in total. The second-order valence-corrected chi connectivity index (χ2v) is 5.89. The molecule has 1 aliphatic carbocycles. The van der Waals surface area contributed by atoms with Crippen LogP contribution in [0, 0.1) is 11.7 Å². The Hall–Kier alpha value is -1.17. The van der Waals surface area contributed by atoms with Crippen molar-refractivity contribution in [2.75, 3.05) is 32.9 Å². The van der Waals surface area contributed by atoms with Gasteiger partial charge in [0, 0.05) is 19.1 Å². The summed E-state index contributed by atoms with van der Waals surface area (Å²) in [5, 5.41) is 10.2. The number of β-amino-alcohol motifs (C(OH)–C–C–N with tert-alkyl or cyclic N) is 1. The molecular weight excluding hydrogens is 273 g/mol. The van der Waals surface area contributed by atoms with Gasteiger partial charge in [-0.1, -0.05) is 0 Å². The molecule has 116 valence electrons. The largest absolute Gasteiger partial charge is 0.491 e. The minimum Gasteiger partial charge on any atom is -0.491 e. The van der Waals surface area contributed by atoms with Gasteiger partial charge in [-0.15, -0.1) is 0 Å². The van der Waals surface area contributed by atoms with Gasteiger partial charge in [0.1, 0.15) is 24.3 Å². The van der Waals surface area contributed by atoms with Crippen molar-refractivity contribution < 1.29 is 19.0 Å². The van der Waals surface area contributed by atoms with Crippen LogP contribution in [-0.2, 0) is 4.74 Å². The fraction of sp³-hybridized carbons (Fsp3) is 0.625. The summed E-state index contributed by atoms with van der Waals surface area (Å²) in [5.41, 5.74) is 0. The van der Waals surface area contributed by atoms with Crippen LogP contribution in [0.2, 0.25) is 0 Å². The molecule has 1 aliphatic heterocycles. The predicted molar refractivity (Wildman–Crippen MR) is 76.8 cm³/mol. The lowest BCUT2D eigenvalue weighted by Gasteiger charge is -2.36. The van der Waals surface area contributed by atoms with Crippen molar-refractivity contribution >= 4 is 0 Å². The number of aliphatic hydroxyl groups is 1. The molecule has 21 heavy (non-hydrogen) atoms. The lowest BCUT2D eigenvalue weighted by atomic mass is 10.1. The summed E-state index contributed by atoms with van der Waals surface area (Å²) in [6, 6.07) is 6.30. The maximum atomic E-state index is 12.8. The molecule has 0 spiro atoms. The maximum absolute atomic E-state index is 12.8. The van der Waals surface area contributed by atoms with E-state index in [-0.39, 0.29) is 12.4 Å². The Labute approximate surface area is 124 Å². The van der Waals surface area contributed by atoms with E-state index in [0.29, 0.717) is 18.3 Å². The first-order chi connectivity index (χ1) is 10.2. The molecule has 2 aliphatic rings. The molecular formula is C16H22FNO3. The molecule has 2 atom stereocenters. The van der Waals surface area contributed by atoms with E-state index < -0.39 is 6.10 Å². The second-order valence-electron chi connectivity index (χ2n) is 5.89. The van der Waals surface area contributed by atoms with E-state index in [1.165, 1.54) is 25.0 Å². The van der Waals surface area contributed by atoms with Crippen LogP contribution in [0.4, 0.5) is 4.39 Å². The lowest BCUT2D eigenvalue weighted by Crippen LogP contribution is -2.50. The predicted octanol–water partition coefficient (Wildman–Crippen LogP) is 1.68. The average Bonchev–Trinajstić information content (AvgIpc) is 3.32. The van der Waals surface area contributed by atoms with E-state index in [9.17, 15) is 9.50 Å². The molecule has 5 heteroatoms. The number of aliphatic hydroxyl groups excluding tert-OH is 1. The van der Waals surface area contributed by atoms with Crippen molar-refractivity contribution in [2.24, 2.45) is 5.92 Å². The van der Waals surface area contributed by atoms with Crippen LogP contribution in [0.15, 0.2) is 24.3 Å². The Kier molecular flexibility index (Phi) is 4.73. The van der Waals surface area contributed by atoms with E-state index in [1.54, 1.807) is 12.1 Å². The van der Waals surface area contributed by atoms with E-state index in [1.807, 2.05) is 0 Å². The van der Waals surface area contributed by atoms with Gasteiger partial charge in [-0.05, 0) is 43.0 Å². The molecule has 0 aromatic heterocycles. The van der Waals surface area contributed by atoms with Gasteiger partial charge < -0.3 is 14.6 Å². The first kappa shape index (κ1) is 14.8. The van der Waals surface area contributed by atoms with Crippen LogP contribution in [0.3, 0.4) is 0 Å². The van der Waals surface area contributed by atoms with Crippen LogP contribution < -0.4 is 4.74 Å². The number of halogens is 1. The minimum atomic E-state index is -0.547. The maximum Gasteiger partial charge on any atom is 0.123 e. The first-order valence-corrected chi connectivity index (χ1v) is 7.60. The molecule has 1 N–H and O–H groups in total. The summed E-state index contributed by atoms with van der Waals surface area (Å²) in [6.07, 6.45) is 1.99. The molecule has 0 amide bonds. The topological polar surface area (TPSA) is 41.9 Å². The monoisotopic (exact) mass is 295 g/mol. The number of hydrogen-bond donors (Lipinski definition) is 1. The van der Waals surface area contributed by atoms with Gasteiger partial charge in [0.25, 0.3) is 0 Å². The highest BCUT2D eigenvalue weighted by Crippen LogP contribution is 2.36. The fourth-order valence-electron chi connectivity index (χ4n) is 2.85. The summed E-state index contributed by atoms with van der Waals surface area (Å²) in [4.78, 5) is 2.32. The van der Waals surface area contributed by atoms with Gasteiger partial charge in [0.05, 0.1) is 13.2 Å². The molecule has 1 aromatic rings. The van der Waals surface area contributed by atoms with Crippen molar-refractivity contribution in [3.63, 3.8) is 0 Å². The quantitative estimate of drug-likeness (QED) is 0.867. The van der Waals surface area contributed by atoms with E-state index in [0.717, 1.165) is 25.7 Å². The van der Waals surface area contributed by atoms with Crippen molar-refractivity contribution in [3.8, 4) is 5.75 Å². The Morgan fingerprint density at radius 2 is 2.10 bits per heavy atom. The summed E-state index contributed by atoms with van der Waals surface area (Å²) < 4.78 is 23.8. The van der Waals surface area contributed by atoms with Crippen molar-refractivity contribution in [2.45, 2.75) is 25.0 Å². The highest BCUT2D eigenvalue weighted by atomic mass is 19.1. The summed E-state index contributed by atoms with van der Waals surface area (Å²) in [6.45, 7) is 3.20. The lowest BCUT2D eigenvalue weighted by molar-refractivity contribution is -0.0392. The molecule has 1 aromatic carbocycles. The normalized spacial score (nSPS) is 24.8. The van der Waals surface area contributed by atoms with Gasteiger partial charge >= 0.3 is 0 Å². The van der Waals surface area contributed by atoms with Crippen LogP contribution in [0.1, 0.15) is 12.8 Å². The Bertz CT molecular complexity index is 449. The van der Waals surface area contributed by atoms with Gasteiger partial charge in [-0.25, -0.2) is 4.39 Å². The van der Waals surface area contributed by atoms with E-state index >= 15 is 0 Å². The Morgan fingerprint density at radius 3 is 2.81 bits per heavy atom. The number of ether oxygens (including phenoxy) is 2. The number of morpholine rings is 1. The van der Waals surface area contributed by atoms with Crippen molar-refractivity contribution in [3.05, 3.63) is 30.1 Å². The van der Waals surface area contributed by atoms with Crippen LogP contribution in [0.25, 0.3) is 0 Å². The van der Waals surface area contributed by atoms with Gasteiger partial charge in [-0.3, -0.25) is 4.90 Å². The van der Waals surface area contributed by atoms with Crippen LogP contribution in [-0.4, -0.2) is 55.1 Å². The standard InChI is InChI=1S/C16H22FNO3/c17-13-3-5-15(6-4-13)21-10-14(19)9-18-7-8-20-11-16(18)12-1-2-12/h3-6,12,14,16,19H,1-2,7-11H2. The first-order valence-electron chi connectivity index (χ1n) is 7.60. The number of rotatable bonds is 6. The van der Waals surface area contributed by atoms with Crippen LogP contribution in [0.5, 0.6) is 5.75 Å². The third-order valence-electron chi connectivity index (χ3n) is 4.15. The molecule has 2 unspecified atom stereocenters. The molecule has 1 saturated carbocycles. The number of benzene rings is 1. The molecule has 3 rings (SSSR count). The fourth-order valence-corrected chi connectivity index (χ4v) is 2.85. The highest BCUT2D eigenvalue weighted by molar-refractivity contribution is 5.22. The van der Waals surface area contributed by atoms with Gasteiger partial charge in [0.15, 0.2) is 0 Å². The average molecular weight is 295 g/mol. The highest BCUT2D eigenvalue weighted by Gasteiger charge is 2.37. The zero-order valence-corrected chi connectivity index (χ0v) is 12.1. The van der Waals surface area contributed by atoms with Crippen LogP contribution >= 0.6 is 0 Å². The Balaban J connectivity index is 1.46. The smallest absolute Gasteiger partial charge is 0.123 e. The molecule has 0 radical (unpaired) electrons. The van der Waals surface area contributed by atoms with Gasteiger partial charge in [0.2, 0.25) is 0 Å². The van der Waals surface area contributed by atoms with E-state index in [4.69, 9.17) is 9.47 Å². The molecule has 1 saturated heterocycles. The molecule has 2 fully saturated rings. The third-order valence-corrected chi connectivity index (χ3v) is 4.15. The SMILES string of the molecule is OC(COc1ccc(F)cc1)CN1CCOCC1C1CC1. The van der Waals surface area contributed by atoms with Gasteiger partial charge in [-0.2, -0.15) is 0 Å². The van der Waals surface area contributed by atoms with Crippen molar-refractivity contribution in [1.82, 2.24) is 4.90 Å².